The van der Waals surface area contributed by atoms with Crippen LogP contribution < -0.4 is 4.90 Å². The molecule has 0 amide bonds. The second kappa shape index (κ2) is 6.12. The van der Waals surface area contributed by atoms with Gasteiger partial charge >= 0.3 is 0 Å². The number of carbonyl (C=O) groups is 2. The molecule has 8 aliphatic rings. The largest absolute Gasteiger partial charge is 0.353 e. The van der Waals surface area contributed by atoms with Crippen molar-refractivity contribution in [3.63, 3.8) is 0 Å². The van der Waals surface area contributed by atoms with Gasteiger partial charge in [-0.1, -0.05) is 30.4 Å². The Morgan fingerprint density at radius 1 is 1.03 bits per heavy atom. The second-order valence-corrected chi connectivity index (χ2v) is 11.7. The Kier molecular flexibility index (Phi) is 3.53. The molecule has 2 unspecified atom stereocenters. The number of hydrogen-bond acceptors (Lipinski definition) is 5. The fourth-order valence-electron chi connectivity index (χ4n) is 9.30. The topological polar surface area (TPSA) is 55.8 Å². The van der Waals surface area contributed by atoms with Crippen molar-refractivity contribution in [3.8, 4) is 0 Å². The Morgan fingerprint density at radius 3 is 2.50 bits per heavy atom. The Bertz CT molecular complexity index is 1030. The third-order valence-electron chi connectivity index (χ3n) is 9.99. The SMILES string of the molecule is O=C1[C@H]2OCC(O2)[C@H]2C(C(=O)C34CC5CC(CC(C5)C3)C4)N3c4ccccc4C=C[C@@H]3[C@@H]12. The Labute approximate surface area is 188 Å². The minimum Gasteiger partial charge on any atom is -0.353 e. The van der Waals surface area contributed by atoms with Crippen LogP contribution in [0.25, 0.3) is 6.08 Å². The highest BCUT2D eigenvalue weighted by Gasteiger charge is 2.66. The third-order valence-corrected chi connectivity index (χ3v) is 9.99. The van der Waals surface area contributed by atoms with Crippen LogP contribution in [-0.2, 0) is 19.1 Å². The summed E-state index contributed by atoms with van der Waals surface area (Å²) in [5, 5.41) is 0. The van der Waals surface area contributed by atoms with Crippen LogP contribution in [0.15, 0.2) is 30.3 Å². The number of benzene rings is 1. The maximum Gasteiger partial charge on any atom is 0.218 e. The minimum absolute atomic E-state index is 0.0311. The monoisotopic (exact) mass is 431 g/mol. The quantitative estimate of drug-likeness (QED) is 0.716. The Balaban J connectivity index is 1.28. The first kappa shape index (κ1) is 18.4. The number of nitrogens with zero attached hydrogens (tertiary/aromatic N) is 1. The molecule has 4 aliphatic carbocycles. The number of Topliss-reactive ketones (excluding diaryl/α,β-unsaturated/α-hetero) is 2. The van der Waals surface area contributed by atoms with E-state index in [9.17, 15) is 9.59 Å². The van der Waals surface area contributed by atoms with Crippen molar-refractivity contribution in [3.05, 3.63) is 35.9 Å². The van der Waals surface area contributed by atoms with Crippen molar-refractivity contribution in [2.24, 2.45) is 35.0 Å². The van der Waals surface area contributed by atoms with Crippen LogP contribution in [0.2, 0.25) is 0 Å². The molecule has 6 atom stereocenters. The lowest BCUT2D eigenvalue weighted by Gasteiger charge is -2.57. The molecule has 9 rings (SSSR count). The summed E-state index contributed by atoms with van der Waals surface area (Å²) in [5.74, 6) is 2.24. The zero-order valence-electron chi connectivity index (χ0n) is 18.2. The van der Waals surface area contributed by atoms with E-state index >= 15 is 0 Å². The van der Waals surface area contributed by atoms with E-state index in [4.69, 9.17) is 9.47 Å². The molecule has 4 aliphatic heterocycles. The first-order valence-electron chi connectivity index (χ1n) is 12.5. The molecule has 1 aromatic rings. The lowest BCUT2D eigenvalue weighted by Crippen LogP contribution is -2.58. The van der Waals surface area contributed by atoms with E-state index in [1.807, 2.05) is 6.07 Å². The van der Waals surface area contributed by atoms with Crippen LogP contribution in [0.4, 0.5) is 5.69 Å². The van der Waals surface area contributed by atoms with Crippen LogP contribution in [0.3, 0.4) is 0 Å². The van der Waals surface area contributed by atoms with Crippen molar-refractivity contribution in [2.45, 2.75) is 63.0 Å². The predicted molar refractivity (Wildman–Crippen MR) is 118 cm³/mol. The molecule has 1 aromatic carbocycles. The summed E-state index contributed by atoms with van der Waals surface area (Å²) in [6.45, 7) is 0.425. The van der Waals surface area contributed by atoms with Gasteiger partial charge in [-0.3, -0.25) is 9.59 Å². The van der Waals surface area contributed by atoms with Gasteiger partial charge in [-0.05, 0) is 67.9 Å². The number of ether oxygens (including phenoxy) is 2. The summed E-state index contributed by atoms with van der Waals surface area (Å²) in [4.78, 5) is 30.5. The van der Waals surface area contributed by atoms with E-state index in [0.29, 0.717) is 12.4 Å². The van der Waals surface area contributed by atoms with Crippen LogP contribution in [0, 0.1) is 35.0 Å². The summed E-state index contributed by atoms with van der Waals surface area (Å²) >= 11 is 0. The highest BCUT2D eigenvalue weighted by molar-refractivity contribution is 5.99. The van der Waals surface area contributed by atoms with E-state index in [0.717, 1.165) is 48.3 Å². The van der Waals surface area contributed by atoms with Gasteiger partial charge in [0.1, 0.15) is 0 Å². The molecule has 0 N–H and O–H groups in total. The smallest absolute Gasteiger partial charge is 0.218 e. The average molecular weight is 432 g/mol. The van der Waals surface area contributed by atoms with E-state index in [1.54, 1.807) is 0 Å². The summed E-state index contributed by atoms with van der Waals surface area (Å²) in [7, 11) is 0. The van der Waals surface area contributed by atoms with Crippen molar-refractivity contribution < 1.29 is 19.1 Å². The summed E-state index contributed by atoms with van der Waals surface area (Å²) in [5.41, 5.74) is 2.04. The van der Waals surface area contributed by atoms with E-state index < -0.39 is 6.29 Å². The highest BCUT2D eigenvalue weighted by Crippen LogP contribution is 2.62. The number of hydrogen-bond donors (Lipinski definition) is 0. The molecule has 5 nitrogen and oxygen atoms in total. The zero-order chi connectivity index (χ0) is 21.2. The molecule has 6 bridgehead atoms. The molecule has 3 saturated heterocycles. The molecular formula is C27H29NO4. The fraction of sp³-hybridized carbons (Fsp3) is 0.630. The lowest BCUT2D eigenvalue weighted by atomic mass is 9.47. The van der Waals surface area contributed by atoms with Gasteiger partial charge in [0.15, 0.2) is 11.6 Å². The highest BCUT2D eigenvalue weighted by atomic mass is 16.7. The third kappa shape index (κ3) is 2.22. The van der Waals surface area contributed by atoms with Gasteiger partial charge in [0.25, 0.3) is 0 Å². The summed E-state index contributed by atoms with van der Waals surface area (Å²) in [6.07, 6.45) is 10.5. The normalized spacial score (nSPS) is 49.2. The number of carbonyl (C=O) groups excluding carboxylic acids is 2. The number of anilines is 1. The first-order chi connectivity index (χ1) is 15.6. The summed E-state index contributed by atoms with van der Waals surface area (Å²) < 4.78 is 11.8. The lowest BCUT2D eigenvalue weighted by molar-refractivity contribution is -0.166. The molecule has 5 heteroatoms. The maximum absolute atomic E-state index is 14.7. The van der Waals surface area contributed by atoms with E-state index in [-0.39, 0.29) is 41.2 Å². The zero-order valence-corrected chi connectivity index (χ0v) is 18.2. The van der Waals surface area contributed by atoms with Gasteiger partial charge in [-0.15, -0.1) is 0 Å². The molecule has 0 aromatic heterocycles. The average Bonchev–Trinajstić information content (AvgIpc) is 3.37. The number of fused-ring (bicyclic) bond motifs is 8. The standard InChI is InChI=1S/C27H29NO4/c29-24-21-19-6-5-17-3-1-2-4-18(17)28(19)23(22(21)20-13-31-26(24)32-20)25(30)27-10-14-7-15(11-27)9-16(8-14)12-27/h1-6,14-16,19-23,26H,7-13H2/t14?,15?,16?,19-,20?,21-,22-,23?,26+,27?/m1/s1. The van der Waals surface area contributed by atoms with Crippen LogP contribution in [-0.4, -0.2) is 42.7 Å². The van der Waals surface area contributed by atoms with E-state index in [1.165, 1.54) is 19.3 Å². The molecule has 4 saturated carbocycles. The Morgan fingerprint density at radius 2 is 1.75 bits per heavy atom. The molecule has 4 heterocycles. The van der Waals surface area contributed by atoms with Crippen molar-refractivity contribution >= 4 is 23.3 Å². The van der Waals surface area contributed by atoms with E-state index in [2.05, 4.69) is 35.3 Å². The number of ketones is 2. The van der Waals surface area contributed by atoms with Gasteiger partial charge in [0.05, 0.1) is 30.7 Å². The maximum atomic E-state index is 14.7. The van der Waals surface area contributed by atoms with Crippen molar-refractivity contribution in [2.75, 3.05) is 11.5 Å². The molecular weight excluding hydrogens is 402 g/mol. The fourth-order valence-corrected chi connectivity index (χ4v) is 9.30. The summed E-state index contributed by atoms with van der Waals surface area (Å²) in [6, 6.07) is 7.96. The van der Waals surface area contributed by atoms with Gasteiger partial charge in [-0.2, -0.15) is 0 Å². The van der Waals surface area contributed by atoms with Crippen LogP contribution in [0.5, 0.6) is 0 Å². The molecule has 32 heavy (non-hydrogen) atoms. The molecule has 166 valence electrons. The first-order valence-corrected chi connectivity index (χ1v) is 12.5. The van der Waals surface area contributed by atoms with Gasteiger partial charge in [-0.25, -0.2) is 0 Å². The van der Waals surface area contributed by atoms with Gasteiger partial charge in [0.2, 0.25) is 6.29 Å². The van der Waals surface area contributed by atoms with Gasteiger partial charge in [0, 0.05) is 17.0 Å². The van der Waals surface area contributed by atoms with Crippen LogP contribution in [0.1, 0.15) is 44.1 Å². The molecule has 0 spiro atoms. The van der Waals surface area contributed by atoms with Crippen molar-refractivity contribution in [1.29, 1.82) is 0 Å². The number of para-hydroxylation sites is 1. The Hall–Kier alpha value is -1.98. The molecule has 0 radical (unpaired) electrons. The second-order valence-electron chi connectivity index (χ2n) is 11.7. The molecule has 7 fully saturated rings. The van der Waals surface area contributed by atoms with Gasteiger partial charge < -0.3 is 14.4 Å². The predicted octanol–water partition coefficient (Wildman–Crippen LogP) is 3.61. The minimum atomic E-state index is -0.748. The number of rotatable bonds is 2. The van der Waals surface area contributed by atoms with Crippen LogP contribution >= 0.6 is 0 Å². The van der Waals surface area contributed by atoms with Crippen molar-refractivity contribution in [1.82, 2.24) is 0 Å².